The minimum absolute atomic E-state index is 0.0127. The Morgan fingerprint density at radius 2 is 1.59 bits per heavy atom. The lowest BCUT2D eigenvalue weighted by molar-refractivity contribution is 0.367. The summed E-state index contributed by atoms with van der Waals surface area (Å²) in [7, 11) is 0. The van der Waals surface area contributed by atoms with E-state index in [1.807, 2.05) is 78.9 Å². The van der Waals surface area contributed by atoms with Gasteiger partial charge in [-0.1, -0.05) is 66.7 Å². The lowest BCUT2D eigenvalue weighted by Crippen LogP contribution is -2.37. The summed E-state index contributed by atoms with van der Waals surface area (Å²) in [5, 5.41) is 18.0. The second kappa shape index (κ2) is 6.53. The zero-order valence-corrected chi connectivity index (χ0v) is 17.8. The number of H-pyrrole nitrogens is 1. The molecule has 3 heterocycles. The molecule has 0 bridgehead atoms. The molecule has 0 amide bonds. The van der Waals surface area contributed by atoms with Gasteiger partial charge in [-0.2, -0.15) is 5.26 Å². The molecular formula is C27H16N6O. The lowest BCUT2D eigenvalue weighted by Gasteiger charge is -2.34. The van der Waals surface area contributed by atoms with E-state index in [1.165, 1.54) is 0 Å². The Hall–Kier alpha value is -4.96. The first-order chi connectivity index (χ1) is 16.7. The molecule has 0 saturated carbocycles. The molecule has 1 spiro atoms. The van der Waals surface area contributed by atoms with Gasteiger partial charge in [-0.05, 0) is 17.7 Å². The zero-order chi connectivity index (χ0) is 22.9. The quantitative estimate of drug-likeness (QED) is 0.399. The fraction of sp³-hybridized carbons (Fsp3) is 0.0370. The number of ether oxygens (including phenoxy) is 1. The van der Waals surface area contributed by atoms with E-state index < -0.39 is 5.41 Å². The van der Waals surface area contributed by atoms with E-state index in [1.54, 1.807) is 0 Å². The second-order valence-corrected chi connectivity index (χ2v) is 8.30. The van der Waals surface area contributed by atoms with Crippen molar-refractivity contribution < 1.29 is 4.74 Å². The van der Waals surface area contributed by atoms with Crippen LogP contribution in [0.1, 0.15) is 16.8 Å². The maximum Gasteiger partial charge on any atom is 0.245 e. The van der Waals surface area contributed by atoms with E-state index >= 15 is 0 Å². The van der Waals surface area contributed by atoms with Crippen LogP contribution in [0.4, 0.5) is 0 Å². The number of hydrogen-bond acceptors (Lipinski definition) is 6. The Bertz CT molecular complexity index is 1710. The number of allylic oxidation sites excluding steroid dienone is 1. The summed E-state index contributed by atoms with van der Waals surface area (Å²) in [5.41, 5.74) is 12.6. The third-order valence-electron chi connectivity index (χ3n) is 6.62. The van der Waals surface area contributed by atoms with E-state index in [0.717, 1.165) is 39.1 Å². The van der Waals surface area contributed by atoms with Crippen LogP contribution in [0.2, 0.25) is 0 Å². The molecule has 7 rings (SSSR count). The predicted molar refractivity (Wildman–Crippen MR) is 126 cm³/mol. The van der Waals surface area contributed by atoms with E-state index in [4.69, 9.17) is 20.4 Å². The van der Waals surface area contributed by atoms with E-state index in [0.29, 0.717) is 17.1 Å². The normalized spacial score (nSPS) is 17.7. The number of fused-ring (bicyclic) bond motifs is 8. The Balaban J connectivity index is 1.70. The highest BCUT2D eigenvalue weighted by atomic mass is 16.5. The van der Waals surface area contributed by atoms with Gasteiger partial charge in [0.1, 0.15) is 17.1 Å². The molecule has 1 aliphatic carbocycles. The van der Waals surface area contributed by atoms with Crippen molar-refractivity contribution in [3.63, 3.8) is 0 Å². The van der Waals surface area contributed by atoms with Crippen LogP contribution >= 0.6 is 0 Å². The van der Waals surface area contributed by atoms with Gasteiger partial charge < -0.3 is 10.5 Å². The summed E-state index contributed by atoms with van der Waals surface area (Å²) < 4.78 is 5.89. The number of nitriles is 1. The molecule has 0 fully saturated rings. The molecule has 2 aliphatic rings. The maximum absolute atomic E-state index is 10.4. The maximum atomic E-state index is 10.4. The smallest absolute Gasteiger partial charge is 0.245 e. The lowest BCUT2D eigenvalue weighted by atomic mass is 9.68. The molecule has 5 aromatic rings. The number of para-hydroxylation sites is 2. The number of aromatic amines is 1. The van der Waals surface area contributed by atoms with Crippen molar-refractivity contribution in [2.75, 3.05) is 0 Å². The molecule has 160 valence electrons. The van der Waals surface area contributed by atoms with Crippen molar-refractivity contribution in [3.05, 3.63) is 107 Å². The number of nitrogens with one attached hydrogen (secondary N) is 1. The molecule has 1 atom stereocenters. The molecule has 3 aromatic carbocycles. The highest BCUT2D eigenvalue weighted by molar-refractivity contribution is 5.91. The molecule has 7 heteroatoms. The van der Waals surface area contributed by atoms with E-state index in [9.17, 15) is 5.26 Å². The van der Waals surface area contributed by atoms with Crippen molar-refractivity contribution in [2.24, 2.45) is 5.73 Å². The van der Waals surface area contributed by atoms with Crippen molar-refractivity contribution in [3.8, 4) is 34.5 Å². The number of rotatable bonds is 1. The van der Waals surface area contributed by atoms with Gasteiger partial charge in [0.05, 0.1) is 33.7 Å². The average Bonchev–Trinajstić information content (AvgIpc) is 3.42. The van der Waals surface area contributed by atoms with Gasteiger partial charge in [0.25, 0.3) is 0 Å². The Morgan fingerprint density at radius 1 is 0.882 bits per heavy atom. The summed E-state index contributed by atoms with van der Waals surface area (Å²) in [6.45, 7) is 0. The van der Waals surface area contributed by atoms with Gasteiger partial charge in [-0.15, -0.1) is 5.10 Å². The molecule has 0 radical (unpaired) electrons. The topological polar surface area (TPSA) is 114 Å². The third kappa shape index (κ3) is 2.16. The van der Waals surface area contributed by atoms with E-state index in [-0.39, 0.29) is 11.5 Å². The first-order valence-corrected chi connectivity index (χ1v) is 10.8. The third-order valence-corrected chi connectivity index (χ3v) is 6.62. The number of hydrogen-bond donors (Lipinski definition) is 2. The van der Waals surface area contributed by atoms with Crippen LogP contribution in [0, 0.1) is 11.3 Å². The average molecular weight is 440 g/mol. The summed E-state index contributed by atoms with van der Waals surface area (Å²) in [6.07, 6.45) is 0. The minimum atomic E-state index is -1.12. The Kier molecular flexibility index (Phi) is 3.57. The van der Waals surface area contributed by atoms with Gasteiger partial charge in [0.2, 0.25) is 11.8 Å². The van der Waals surface area contributed by atoms with Crippen molar-refractivity contribution in [1.29, 1.82) is 5.26 Å². The van der Waals surface area contributed by atoms with Gasteiger partial charge >= 0.3 is 0 Å². The molecular weight excluding hydrogens is 424 g/mol. The SMILES string of the molecule is N#CC1=C(N)Oc2n[nH]c(-c3ccccc3)c2C12c1ccccc1-c1nc3ccccc3nc12. The second-order valence-electron chi connectivity index (χ2n) is 8.30. The molecule has 0 saturated heterocycles. The molecule has 1 aliphatic heterocycles. The largest absolute Gasteiger partial charge is 0.420 e. The first kappa shape index (κ1) is 18.6. The van der Waals surface area contributed by atoms with Crippen LogP contribution < -0.4 is 10.5 Å². The van der Waals surface area contributed by atoms with Crippen LogP contribution in [-0.4, -0.2) is 20.2 Å². The van der Waals surface area contributed by atoms with Gasteiger partial charge in [0, 0.05) is 11.1 Å². The number of nitrogens with two attached hydrogens (primary N) is 1. The van der Waals surface area contributed by atoms with Crippen LogP contribution in [0.3, 0.4) is 0 Å². The summed E-state index contributed by atoms with van der Waals surface area (Å²) >= 11 is 0. The van der Waals surface area contributed by atoms with Crippen LogP contribution in [0.15, 0.2) is 90.3 Å². The summed E-state index contributed by atoms with van der Waals surface area (Å²) in [4.78, 5) is 10.1. The number of nitrogens with zero attached hydrogens (tertiary/aromatic N) is 4. The minimum Gasteiger partial charge on any atom is -0.420 e. The first-order valence-electron chi connectivity index (χ1n) is 10.8. The van der Waals surface area contributed by atoms with Gasteiger partial charge in [0.15, 0.2) is 0 Å². The van der Waals surface area contributed by atoms with Crippen molar-refractivity contribution in [1.82, 2.24) is 20.2 Å². The fourth-order valence-electron chi connectivity index (χ4n) is 5.26. The zero-order valence-electron chi connectivity index (χ0n) is 17.8. The molecule has 2 aromatic heterocycles. The van der Waals surface area contributed by atoms with Crippen LogP contribution in [0.25, 0.3) is 33.5 Å². The van der Waals surface area contributed by atoms with Crippen LogP contribution in [-0.2, 0) is 5.41 Å². The van der Waals surface area contributed by atoms with Crippen molar-refractivity contribution in [2.45, 2.75) is 5.41 Å². The van der Waals surface area contributed by atoms with Crippen molar-refractivity contribution >= 4 is 11.0 Å². The predicted octanol–water partition coefficient (Wildman–Crippen LogP) is 4.42. The Morgan fingerprint density at radius 3 is 2.38 bits per heavy atom. The standard InChI is InChI=1S/C27H16N6O/c28-14-18-25(29)34-26-21(22(32-33-26)15-8-2-1-3-9-15)27(18)17-11-5-4-10-16(17)23-24(27)31-20-13-7-6-12-19(20)30-23/h1-13H,29H2,(H,32,33). The highest BCUT2D eigenvalue weighted by Crippen LogP contribution is 2.60. The van der Waals surface area contributed by atoms with Gasteiger partial charge in [-0.25, -0.2) is 9.97 Å². The molecule has 7 nitrogen and oxygen atoms in total. The molecule has 1 unspecified atom stereocenters. The van der Waals surface area contributed by atoms with Gasteiger partial charge in [-0.3, -0.25) is 5.10 Å². The number of aromatic nitrogens is 4. The Labute approximate surface area is 194 Å². The summed E-state index contributed by atoms with van der Waals surface area (Å²) in [6, 6.07) is 27.8. The highest BCUT2D eigenvalue weighted by Gasteiger charge is 2.57. The van der Waals surface area contributed by atoms with Crippen LogP contribution in [0.5, 0.6) is 5.88 Å². The number of benzene rings is 3. The summed E-state index contributed by atoms with van der Waals surface area (Å²) in [5.74, 6) is 0.340. The monoisotopic (exact) mass is 440 g/mol. The molecule has 34 heavy (non-hydrogen) atoms. The van der Waals surface area contributed by atoms with E-state index in [2.05, 4.69) is 16.3 Å². The fourth-order valence-corrected chi connectivity index (χ4v) is 5.26. The molecule has 3 N–H and O–H groups in total.